The molecule has 1 saturated carbocycles. The maximum Gasteiger partial charge on any atom is 0.459 e. The number of thioether (sulfide) groups is 1. The summed E-state index contributed by atoms with van der Waals surface area (Å²) in [5, 5.41) is 14.8. The van der Waals surface area contributed by atoms with E-state index in [1.165, 1.54) is 12.3 Å². The van der Waals surface area contributed by atoms with Crippen LogP contribution >= 0.6 is 11.8 Å². The number of anilines is 1. The molecule has 1 fully saturated rings. The molecule has 0 atom stereocenters. The maximum atomic E-state index is 13.4. The first-order valence-electron chi connectivity index (χ1n) is 7.05. The summed E-state index contributed by atoms with van der Waals surface area (Å²) in [4.78, 5) is 8.10. The van der Waals surface area contributed by atoms with Crippen LogP contribution in [0.4, 0.5) is 27.9 Å². The lowest BCUT2D eigenvalue weighted by Gasteiger charge is -2.20. The minimum absolute atomic E-state index is 0.126. The SMILES string of the molecule is N#CC(=C1NC(C(F)(F)C(F)(F)F)=CS1)c1ccnc(NC2CC2)n1. The van der Waals surface area contributed by atoms with Gasteiger partial charge in [0.15, 0.2) is 0 Å². The zero-order chi connectivity index (χ0) is 18.2. The van der Waals surface area contributed by atoms with Gasteiger partial charge >= 0.3 is 12.1 Å². The lowest BCUT2D eigenvalue weighted by atomic mass is 10.2. The largest absolute Gasteiger partial charge is 0.459 e. The molecule has 0 aromatic carbocycles. The molecule has 25 heavy (non-hydrogen) atoms. The lowest BCUT2D eigenvalue weighted by molar-refractivity contribution is -0.265. The maximum absolute atomic E-state index is 13.4. The second-order valence-corrected chi connectivity index (χ2v) is 6.23. The molecule has 1 aliphatic carbocycles. The molecule has 0 bridgehead atoms. The summed E-state index contributed by atoms with van der Waals surface area (Å²) in [6, 6.07) is 3.42. The van der Waals surface area contributed by atoms with Crippen molar-refractivity contribution in [2.45, 2.75) is 31.0 Å². The third-order valence-electron chi connectivity index (χ3n) is 3.40. The Hall–Kier alpha value is -2.35. The fourth-order valence-electron chi connectivity index (χ4n) is 1.93. The fourth-order valence-corrected chi connectivity index (χ4v) is 2.81. The van der Waals surface area contributed by atoms with Crippen molar-refractivity contribution in [1.82, 2.24) is 15.3 Å². The highest BCUT2D eigenvalue weighted by molar-refractivity contribution is 8.06. The van der Waals surface area contributed by atoms with Gasteiger partial charge in [-0.15, -0.1) is 0 Å². The number of nitriles is 1. The number of nitrogens with zero attached hydrogens (tertiary/aromatic N) is 3. The van der Waals surface area contributed by atoms with E-state index in [4.69, 9.17) is 0 Å². The van der Waals surface area contributed by atoms with Crippen LogP contribution in [0, 0.1) is 11.3 Å². The number of rotatable bonds is 4. The van der Waals surface area contributed by atoms with Crippen molar-refractivity contribution in [2.75, 3.05) is 5.32 Å². The lowest BCUT2D eigenvalue weighted by Crippen LogP contribution is -2.41. The molecule has 2 aliphatic rings. The van der Waals surface area contributed by atoms with Gasteiger partial charge in [-0.05, 0) is 18.9 Å². The molecule has 2 heterocycles. The third kappa shape index (κ3) is 3.53. The summed E-state index contributed by atoms with van der Waals surface area (Å²) < 4.78 is 64.1. The Balaban J connectivity index is 1.86. The summed E-state index contributed by atoms with van der Waals surface area (Å²) in [6.45, 7) is 0. The van der Waals surface area contributed by atoms with Crippen molar-refractivity contribution < 1.29 is 22.0 Å². The van der Waals surface area contributed by atoms with Gasteiger partial charge < -0.3 is 10.6 Å². The van der Waals surface area contributed by atoms with Crippen molar-refractivity contribution in [3.8, 4) is 6.07 Å². The molecule has 1 aliphatic heterocycles. The number of allylic oxidation sites excluding steroid dienone is 2. The Bertz CT molecular complexity index is 792. The Kier molecular flexibility index (Phi) is 4.32. The van der Waals surface area contributed by atoms with Crippen molar-refractivity contribution in [3.05, 3.63) is 34.1 Å². The van der Waals surface area contributed by atoms with E-state index in [2.05, 4.69) is 15.3 Å². The van der Waals surface area contributed by atoms with Gasteiger partial charge in [0.05, 0.1) is 10.7 Å². The van der Waals surface area contributed by atoms with Gasteiger partial charge in [-0.25, -0.2) is 9.97 Å². The van der Waals surface area contributed by atoms with Crippen LogP contribution in [0.2, 0.25) is 0 Å². The summed E-state index contributed by atoms with van der Waals surface area (Å²) in [6.07, 6.45) is -2.41. The molecule has 3 rings (SSSR count). The smallest absolute Gasteiger partial charge is 0.351 e. The quantitative estimate of drug-likeness (QED) is 0.619. The Morgan fingerprint density at radius 3 is 2.64 bits per heavy atom. The Morgan fingerprint density at radius 2 is 2.04 bits per heavy atom. The van der Waals surface area contributed by atoms with E-state index in [0.717, 1.165) is 12.8 Å². The van der Waals surface area contributed by atoms with E-state index < -0.39 is 17.8 Å². The molecule has 1 aromatic heterocycles. The van der Waals surface area contributed by atoms with E-state index in [-0.39, 0.29) is 28.3 Å². The van der Waals surface area contributed by atoms with Gasteiger partial charge in [0.2, 0.25) is 5.95 Å². The third-order valence-corrected chi connectivity index (χ3v) is 4.29. The molecule has 0 unspecified atom stereocenters. The molecular weight excluding hydrogens is 365 g/mol. The van der Waals surface area contributed by atoms with Gasteiger partial charge in [0, 0.05) is 17.6 Å². The van der Waals surface area contributed by atoms with E-state index in [1.807, 2.05) is 5.32 Å². The predicted octanol–water partition coefficient (Wildman–Crippen LogP) is 3.62. The van der Waals surface area contributed by atoms with E-state index >= 15 is 0 Å². The van der Waals surface area contributed by atoms with Crippen molar-refractivity contribution in [3.63, 3.8) is 0 Å². The normalized spacial score (nSPS) is 19.8. The molecule has 0 spiro atoms. The van der Waals surface area contributed by atoms with E-state index in [1.54, 1.807) is 6.07 Å². The van der Waals surface area contributed by atoms with E-state index in [0.29, 0.717) is 17.2 Å². The molecule has 0 saturated heterocycles. The fraction of sp³-hybridized carbons (Fsp3) is 0.357. The first-order valence-corrected chi connectivity index (χ1v) is 7.93. The zero-order valence-corrected chi connectivity index (χ0v) is 13.2. The minimum Gasteiger partial charge on any atom is -0.351 e. The topological polar surface area (TPSA) is 73.6 Å². The highest BCUT2D eigenvalue weighted by Gasteiger charge is 2.61. The summed E-state index contributed by atoms with van der Waals surface area (Å²) in [5.41, 5.74) is -1.34. The Morgan fingerprint density at radius 1 is 1.32 bits per heavy atom. The first kappa shape index (κ1) is 17.5. The summed E-state index contributed by atoms with van der Waals surface area (Å²) in [5.74, 6) is -4.77. The van der Waals surface area contributed by atoms with Crippen LogP contribution < -0.4 is 10.6 Å². The van der Waals surface area contributed by atoms with Gasteiger partial charge in [0.1, 0.15) is 17.3 Å². The van der Waals surface area contributed by atoms with Crippen LogP contribution in [0.25, 0.3) is 5.57 Å². The molecule has 0 radical (unpaired) electrons. The minimum atomic E-state index is -5.73. The number of hydrogen-bond acceptors (Lipinski definition) is 6. The molecule has 0 amide bonds. The number of alkyl halides is 5. The van der Waals surface area contributed by atoms with Gasteiger partial charge in [-0.3, -0.25) is 0 Å². The number of aromatic nitrogens is 2. The van der Waals surface area contributed by atoms with Crippen LogP contribution in [0.3, 0.4) is 0 Å². The van der Waals surface area contributed by atoms with Gasteiger partial charge in [-0.2, -0.15) is 27.2 Å². The molecular formula is C14H10F5N5S. The standard InChI is InChI=1S/C14H10F5N5S/c15-13(16,14(17,18)19)10-6-25-11(24-10)8(5-20)9-3-4-21-12(23-9)22-7-1-2-7/h3-4,6-7,24H,1-2H2,(H,21,22,23). The second-order valence-electron chi connectivity index (χ2n) is 5.35. The van der Waals surface area contributed by atoms with Crippen LogP contribution in [0.5, 0.6) is 0 Å². The highest BCUT2D eigenvalue weighted by atomic mass is 32.2. The van der Waals surface area contributed by atoms with Crippen LogP contribution in [0.1, 0.15) is 18.5 Å². The number of halogens is 5. The monoisotopic (exact) mass is 375 g/mol. The number of nitrogens with one attached hydrogen (secondary N) is 2. The average molecular weight is 375 g/mol. The van der Waals surface area contributed by atoms with Crippen LogP contribution in [-0.2, 0) is 0 Å². The van der Waals surface area contributed by atoms with Crippen molar-refractivity contribution >= 4 is 23.3 Å². The molecule has 11 heteroatoms. The van der Waals surface area contributed by atoms with E-state index in [9.17, 15) is 27.2 Å². The first-order chi connectivity index (χ1) is 11.7. The van der Waals surface area contributed by atoms with Crippen molar-refractivity contribution in [1.29, 1.82) is 5.26 Å². The average Bonchev–Trinajstić information content (AvgIpc) is 3.21. The molecule has 5 nitrogen and oxygen atoms in total. The molecule has 132 valence electrons. The van der Waals surface area contributed by atoms with Gasteiger partial charge in [-0.1, -0.05) is 11.8 Å². The predicted molar refractivity (Wildman–Crippen MR) is 81.0 cm³/mol. The van der Waals surface area contributed by atoms with Crippen LogP contribution in [-0.4, -0.2) is 28.1 Å². The van der Waals surface area contributed by atoms with Gasteiger partial charge in [0.25, 0.3) is 0 Å². The Labute approximate surface area is 143 Å². The molecule has 2 N–H and O–H groups in total. The number of hydrogen-bond donors (Lipinski definition) is 2. The summed E-state index contributed by atoms with van der Waals surface area (Å²) >= 11 is 0.576. The molecule has 1 aromatic rings. The van der Waals surface area contributed by atoms with Crippen LogP contribution in [0.15, 0.2) is 28.4 Å². The second kappa shape index (κ2) is 6.18. The highest BCUT2D eigenvalue weighted by Crippen LogP contribution is 2.45. The zero-order valence-electron chi connectivity index (χ0n) is 12.4. The van der Waals surface area contributed by atoms with Crippen molar-refractivity contribution in [2.24, 2.45) is 0 Å². The summed E-state index contributed by atoms with van der Waals surface area (Å²) in [7, 11) is 0.